The van der Waals surface area contributed by atoms with E-state index in [2.05, 4.69) is 15.4 Å². The number of H-pyrrole nitrogens is 1. The molecule has 2 heterocycles. The lowest BCUT2D eigenvalue weighted by molar-refractivity contribution is 0.0527. The lowest BCUT2D eigenvalue weighted by Crippen LogP contribution is -2.17. The van der Waals surface area contributed by atoms with Crippen LogP contribution in [-0.4, -0.2) is 33.2 Å². The normalized spacial score (nSPS) is 10.6. The molecule has 0 spiro atoms. The Bertz CT molecular complexity index is 1050. The number of hydrogen-bond donors (Lipinski definition) is 2. The fraction of sp³-hybridized carbons (Fsp3) is 0.222. The minimum absolute atomic E-state index is 0.151. The fourth-order valence-electron chi connectivity index (χ4n) is 2.50. The summed E-state index contributed by atoms with van der Waals surface area (Å²) in [5.41, 5.74) is 1.07. The van der Waals surface area contributed by atoms with Gasteiger partial charge in [-0.25, -0.2) is 9.59 Å². The van der Waals surface area contributed by atoms with Gasteiger partial charge in [-0.1, -0.05) is 18.2 Å². The first-order valence-electron chi connectivity index (χ1n) is 8.25. The molecule has 2 aromatic heterocycles. The van der Waals surface area contributed by atoms with Gasteiger partial charge in [-0.15, -0.1) is 16.4 Å². The summed E-state index contributed by atoms with van der Waals surface area (Å²) in [6, 6.07) is 8.74. The summed E-state index contributed by atoms with van der Waals surface area (Å²) in [5.74, 6) is -1.27. The Labute approximate surface area is 158 Å². The zero-order valence-electron chi connectivity index (χ0n) is 15.0. The smallest absolute Gasteiger partial charge is 0.348 e. The summed E-state index contributed by atoms with van der Waals surface area (Å²) in [6.45, 7) is 5.59. The number of carbonyl (C=O) groups is 2. The molecule has 0 atom stereocenters. The summed E-state index contributed by atoms with van der Waals surface area (Å²) in [7, 11) is 0. The summed E-state index contributed by atoms with van der Waals surface area (Å²) in [4.78, 5) is 40.2. The molecule has 0 saturated heterocycles. The first-order chi connectivity index (χ1) is 12.9. The highest BCUT2D eigenvalue weighted by Gasteiger charge is 2.23. The average Bonchev–Trinajstić information content (AvgIpc) is 3.16. The molecule has 0 aliphatic rings. The van der Waals surface area contributed by atoms with Crippen LogP contribution in [0.1, 0.15) is 38.3 Å². The quantitative estimate of drug-likeness (QED) is 0.656. The summed E-state index contributed by atoms with van der Waals surface area (Å²) in [5, 5.41) is 7.06. The Morgan fingerprint density at radius 2 is 1.96 bits per heavy atom. The topological polar surface area (TPSA) is 106 Å². The van der Waals surface area contributed by atoms with Crippen molar-refractivity contribution in [3.8, 4) is 5.69 Å². The van der Waals surface area contributed by atoms with Gasteiger partial charge in [0.25, 0.3) is 5.91 Å². The molecule has 0 aliphatic heterocycles. The third kappa shape index (κ3) is 3.68. The molecule has 9 heteroatoms. The standard InChI is InChI=1S/C18H18N4O4S/c1-4-26-17(24)13-10(2)11(3)27-16(13)20-15(23)14-19-18(25)22(21-14)12-8-6-5-7-9-12/h5-9H,4H2,1-3H3,(H,20,23)(H,19,21,25). The van der Waals surface area contributed by atoms with E-state index in [1.165, 1.54) is 11.3 Å². The number of nitrogens with zero attached hydrogens (tertiary/aromatic N) is 2. The van der Waals surface area contributed by atoms with Crippen molar-refractivity contribution in [3.63, 3.8) is 0 Å². The Morgan fingerprint density at radius 1 is 1.26 bits per heavy atom. The van der Waals surface area contributed by atoms with Crippen molar-refractivity contribution in [1.29, 1.82) is 0 Å². The molecule has 0 fully saturated rings. The van der Waals surface area contributed by atoms with E-state index >= 15 is 0 Å². The molecule has 2 N–H and O–H groups in total. The number of rotatable bonds is 5. The average molecular weight is 386 g/mol. The number of hydrogen-bond acceptors (Lipinski definition) is 6. The SMILES string of the molecule is CCOC(=O)c1c(NC(=O)c2nn(-c3ccccc3)c(=O)[nH]2)sc(C)c1C. The van der Waals surface area contributed by atoms with Crippen molar-refractivity contribution in [2.45, 2.75) is 20.8 Å². The van der Waals surface area contributed by atoms with Crippen LogP contribution in [0, 0.1) is 13.8 Å². The number of aromatic amines is 1. The van der Waals surface area contributed by atoms with E-state index in [0.29, 0.717) is 16.3 Å². The van der Waals surface area contributed by atoms with Gasteiger partial charge in [-0.2, -0.15) is 4.68 Å². The molecule has 8 nitrogen and oxygen atoms in total. The van der Waals surface area contributed by atoms with Crippen LogP contribution in [0.25, 0.3) is 5.69 Å². The third-order valence-electron chi connectivity index (χ3n) is 3.93. The van der Waals surface area contributed by atoms with Gasteiger partial charge in [0.15, 0.2) is 0 Å². The van der Waals surface area contributed by atoms with E-state index in [-0.39, 0.29) is 12.4 Å². The van der Waals surface area contributed by atoms with Crippen molar-refractivity contribution >= 4 is 28.2 Å². The zero-order chi connectivity index (χ0) is 19.6. The van der Waals surface area contributed by atoms with Gasteiger partial charge in [-0.05, 0) is 38.5 Å². The number of amides is 1. The molecule has 1 amide bonds. The molecule has 3 rings (SSSR count). The summed E-state index contributed by atoms with van der Waals surface area (Å²) < 4.78 is 6.17. The highest BCUT2D eigenvalue weighted by molar-refractivity contribution is 7.16. The minimum atomic E-state index is -0.617. The van der Waals surface area contributed by atoms with E-state index in [9.17, 15) is 14.4 Å². The van der Waals surface area contributed by atoms with Gasteiger partial charge in [0.1, 0.15) is 5.00 Å². The van der Waals surface area contributed by atoms with Crippen LogP contribution < -0.4 is 11.0 Å². The Hall–Kier alpha value is -3.20. The van der Waals surface area contributed by atoms with Gasteiger partial charge in [0, 0.05) is 4.88 Å². The van der Waals surface area contributed by atoms with Gasteiger partial charge in [0.2, 0.25) is 5.82 Å². The predicted molar refractivity (Wildman–Crippen MR) is 102 cm³/mol. The number of aryl methyl sites for hydroxylation is 1. The molecule has 140 valence electrons. The Kier molecular flexibility index (Phi) is 5.22. The highest BCUT2D eigenvalue weighted by Crippen LogP contribution is 2.33. The Balaban J connectivity index is 1.90. The van der Waals surface area contributed by atoms with Crippen molar-refractivity contribution in [2.24, 2.45) is 0 Å². The lowest BCUT2D eigenvalue weighted by Gasteiger charge is -2.05. The van der Waals surface area contributed by atoms with Crippen molar-refractivity contribution < 1.29 is 14.3 Å². The lowest BCUT2D eigenvalue weighted by atomic mass is 10.1. The maximum Gasteiger partial charge on any atom is 0.348 e. The van der Waals surface area contributed by atoms with E-state index in [0.717, 1.165) is 15.1 Å². The maximum absolute atomic E-state index is 12.6. The number of carbonyl (C=O) groups excluding carboxylic acids is 2. The number of thiophene rings is 1. The number of benzene rings is 1. The van der Waals surface area contributed by atoms with Crippen LogP contribution in [0.15, 0.2) is 35.1 Å². The van der Waals surface area contributed by atoms with Crippen molar-refractivity contribution in [3.05, 3.63) is 62.6 Å². The number of esters is 1. The van der Waals surface area contributed by atoms with Gasteiger partial charge < -0.3 is 10.1 Å². The molecule has 3 aromatic rings. The number of aromatic nitrogens is 3. The minimum Gasteiger partial charge on any atom is -0.462 e. The van der Waals surface area contributed by atoms with Gasteiger partial charge in [-0.3, -0.25) is 9.78 Å². The molecule has 1 aromatic carbocycles. The van der Waals surface area contributed by atoms with Crippen LogP contribution in [0.2, 0.25) is 0 Å². The van der Waals surface area contributed by atoms with Crippen molar-refractivity contribution in [2.75, 3.05) is 11.9 Å². The van der Waals surface area contributed by atoms with E-state index < -0.39 is 17.6 Å². The van der Waals surface area contributed by atoms with Gasteiger partial charge in [0.05, 0.1) is 17.9 Å². The molecule has 0 bridgehead atoms. The van der Waals surface area contributed by atoms with Gasteiger partial charge >= 0.3 is 11.7 Å². The first kappa shape index (κ1) is 18.6. The number of ether oxygens (including phenoxy) is 1. The molecule has 0 saturated carbocycles. The molecular weight excluding hydrogens is 368 g/mol. The second kappa shape index (κ2) is 7.58. The second-order valence-electron chi connectivity index (χ2n) is 5.69. The number of anilines is 1. The fourth-order valence-corrected chi connectivity index (χ4v) is 3.54. The third-order valence-corrected chi connectivity index (χ3v) is 5.05. The van der Waals surface area contributed by atoms with Crippen LogP contribution in [0.3, 0.4) is 0 Å². The Morgan fingerprint density at radius 3 is 2.63 bits per heavy atom. The molecular formula is C18H18N4O4S. The van der Waals surface area contributed by atoms with E-state index in [1.54, 1.807) is 38.1 Å². The molecule has 0 unspecified atom stereocenters. The second-order valence-corrected chi connectivity index (χ2v) is 6.91. The van der Waals surface area contributed by atoms with Crippen molar-refractivity contribution in [1.82, 2.24) is 14.8 Å². The molecule has 0 aliphatic carbocycles. The van der Waals surface area contributed by atoms with Crippen LogP contribution in [0.5, 0.6) is 0 Å². The first-order valence-corrected chi connectivity index (χ1v) is 9.07. The maximum atomic E-state index is 12.6. The predicted octanol–water partition coefficient (Wildman–Crippen LogP) is 2.67. The number of nitrogens with one attached hydrogen (secondary N) is 2. The monoisotopic (exact) mass is 386 g/mol. The van der Waals surface area contributed by atoms with Crippen LogP contribution in [-0.2, 0) is 4.74 Å². The summed E-state index contributed by atoms with van der Waals surface area (Å²) in [6.07, 6.45) is 0. The molecule has 0 radical (unpaired) electrons. The summed E-state index contributed by atoms with van der Waals surface area (Å²) >= 11 is 1.27. The molecule has 27 heavy (non-hydrogen) atoms. The van der Waals surface area contributed by atoms with Crippen LogP contribution >= 0.6 is 11.3 Å². The highest BCUT2D eigenvalue weighted by atomic mass is 32.1. The number of para-hydroxylation sites is 1. The van der Waals surface area contributed by atoms with E-state index in [1.807, 2.05) is 13.0 Å². The van der Waals surface area contributed by atoms with E-state index in [4.69, 9.17) is 4.74 Å². The zero-order valence-corrected chi connectivity index (χ0v) is 15.8. The largest absolute Gasteiger partial charge is 0.462 e. The van der Waals surface area contributed by atoms with Crippen LogP contribution in [0.4, 0.5) is 5.00 Å².